The maximum Gasteiger partial charge on any atom is 0.232 e. The zero-order valence-electron chi connectivity index (χ0n) is 16.6. The summed E-state index contributed by atoms with van der Waals surface area (Å²) in [7, 11) is 1.62. The Morgan fingerprint density at radius 1 is 1.03 bits per heavy atom. The standard InChI is InChI=1S/C22H26FN3O3/c1-29-18-8-6-17(7-9-18)10-11-24-21(27)16-22(28)26-14-12-25(13-15-26)20-5-3-2-4-19(20)23/h2-9H,10-16H2,1H3,(H,24,27). The molecule has 6 nitrogen and oxygen atoms in total. The molecule has 0 radical (unpaired) electrons. The first kappa shape index (κ1) is 20.6. The maximum atomic E-state index is 13.9. The molecular weight excluding hydrogens is 373 g/mol. The third kappa shape index (κ3) is 5.70. The van der Waals surface area contributed by atoms with Gasteiger partial charge in [-0.1, -0.05) is 24.3 Å². The highest BCUT2D eigenvalue weighted by Crippen LogP contribution is 2.20. The van der Waals surface area contributed by atoms with Crippen LogP contribution in [0.4, 0.5) is 10.1 Å². The van der Waals surface area contributed by atoms with Gasteiger partial charge in [0.05, 0.1) is 12.8 Å². The van der Waals surface area contributed by atoms with Crippen LogP contribution in [0, 0.1) is 5.82 Å². The second-order valence-electron chi connectivity index (χ2n) is 6.94. The molecule has 1 heterocycles. The van der Waals surface area contributed by atoms with Crippen LogP contribution in [0.2, 0.25) is 0 Å². The number of carbonyl (C=O) groups is 2. The topological polar surface area (TPSA) is 61.9 Å². The molecule has 0 saturated carbocycles. The lowest BCUT2D eigenvalue weighted by Crippen LogP contribution is -2.49. The number of nitrogens with one attached hydrogen (secondary N) is 1. The molecule has 1 aliphatic rings. The van der Waals surface area contributed by atoms with Crippen LogP contribution < -0.4 is 15.0 Å². The Morgan fingerprint density at radius 3 is 2.38 bits per heavy atom. The number of amides is 2. The zero-order valence-corrected chi connectivity index (χ0v) is 16.6. The fourth-order valence-corrected chi connectivity index (χ4v) is 3.36. The van der Waals surface area contributed by atoms with E-state index >= 15 is 0 Å². The largest absolute Gasteiger partial charge is 0.497 e. The first-order chi connectivity index (χ1) is 14.1. The minimum absolute atomic E-state index is 0.164. The minimum atomic E-state index is -0.278. The van der Waals surface area contributed by atoms with E-state index in [0.717, 1.165) is 11.3 Å². The van der Waals surface area contributed by atoms with Gasteiger partial charge in [-0.2, -0.15) is 0 Å². The molecule has 0 aliphatic carbocycles. The summed E-state index contributed by atoms with van der Waals surface area (Å²) in [6.07, 6.45) is 0.521. The molecule has 0 bridgehead atoms. The van der Waals surface area contributed by atoms with E-state index in [9.17, 15) is 14.0 Å². The Morgan fingerprint density at radius 2 is 1.72 bits per heavy atom. The number of hydrogen-bond acceptors (Lipinski definition) is 4. The number of rotatable bonds is 7. The Kier molecular flexibility index (Phi) is 7.05. The van der Waals surface area contributed by atoms with Crippen molar-refractivity contribution < 1.29 is 18.7 Å². The van der Waals surface area contributed by atoms with Gasteiger partial charge in [-0.3, -0.25) is 9.59 Å². The van der Waals surface area contributed by atoms with Crippen LogP contribution in [0.15, 0.2) is 48.5 Å². The van der Waals surface area contributed by atoms with Crippen LogP contribution in [0.25, 0.3) is 0 Å². The van der Waals surface area contributed by atoms with Crippen LogP contribution in [0.5, 0.6) is 5.75 Å². The predicted octanol–water partition coefficient (Wildman–Crippen LogP) is 2.23. The van der Waals surface area contributed by atoms with Crippen LogP contribution in [0.3, 0.4) is 0 Å². The lowest BCUT2D eigenvalue weighted by atomic mass is 10.1. The molecule has 0 atom stereocenters. The summed E-state index contributed by atoms with van der Waals surface area (Å²) in [6, 6.07) is 14.3. The second-order valence-corrected chi connectivity index (χ2v) is 6.94. The van der Waals surface area contributed by atoms with E-state index in [1.165, 1.54) is 6.07 Å². The van der Waals surface area contributed by atoms with Gasteiger partial charge >= 0.3 is 0 Å². The van der Waals surface area contributed by atoms with E-state index < -0.39 is 0 Å². The monoisotopic (exact) mass is 399 g/mol. The molecule has 154 valence electrons. The summed E-state index contributed by atoms with van der Waals surface area (Å²) in [4.78, 5) is 28.1. The average Bonchev–Trinajstić information content (AvgIpc) is 2.74. The summed E-state index contributed by atoms with van der Waals surface area (Å²) in [6.45, 7) is 2.52. The van der Waals surface area contributed by atoms with Crippen LogP contribution in [-0.4, -0.2) is 56.5 Å². The first-order valence-electron chi connectivity index (χ1n) is 9.73. The number of ether oxygens (including phenoxy) is 1. The van der Waals surface area contributed by atoms with Gasteiger partial charge in [0.15, 0.2) is 0 Å². The number of nitrogens with zero attached hydrogens (tertiary/aromatic N) is 2. The van der Waals surface area contributed by atoms with Gasteiger partial charge < -0.3 is 19.9 Å². The summed E-state index contributed by atoms with van der Waals surface area (Å²) < 4.78 is 19.0. The lowest BCUT2D eigenvalue weighted by Gasteiger charge is -2.36. The first-order valence-corrected chi connectivity index (χ1v) is 9.73. The SMILES string of the molecule is COc1ccc(CCNC(=O)CC(=O)N2CCN(c3ccccc3F)CC2)cc1. The van der Waals surface area contributed by atoms with Crippen molar-refractivity contribution in [1.29, 1.82) is 0 Å². The van der Waals surface area contributed by atoms with Crippen molar-refractivity contribution in [2.75, 3.05) is 44.7 Å². The number of halogens is 1. The summed E-state index contributed by atoms with van der Waals surface area (Å²) >= 11 is 0. The van der Waals surface area contributed by atoms with Crippen LogP contribution >= 0.6 is 0 Å². The quantitative estimate of drug-likeness (QED) is 0.726. The minimum Gasteiger partial charge on any atom is -0.497 e. The lowest BCUT2D eigenvalue weighted by molar-refractivity contribution is -0.136. The second kappa shape index (κ2) is 9.91. The maximum absolute atomic E-state index is 13.9. The van der Waals surface area contributed by atoms with Crippen LogP contribution in [-0.2, 0) is 16.0 Å². The highest BCUT2D eigenvalue weighted by atomic mass is 19.1. The Labute approximate surface area is 170 Å². The predicted molar refractivity (Wildman–Crippen MR) is 110 cm³/mol. The van der Waals surface area contributed by atoms with Gasteiger partial charge in [-0.25, -0.2) is 4.39 Å². The molecular formula is C22H26FN3O3. The Bertz CT molecular complexity index is 833. The molecule has 0 aromatic heterocycles. The smallest absolute Gasteiger partial charge is 0.232 e. The van der Waals surface area contributed by atoms with Crippen LogP contribution in [0.1, 0.15) is 12.0 Å². The molecule has 0 spiro atoms. The van der Waals surface area contributed by atoms with Crippen molar-refractivity contribution in [3.8, 4) is 5.75 Å². The number of methoxy groups -OCH3 is 1. The van der Waals surface area contributed by atoms with Crippen molar-refractivity contribution in [3.63, 3.8) is 0 Å². The molecule has 2 aromatic rings. The molecule has 3 rings (SSSR count). The molecule has 29 heavy (non-hydrogen) atoms. The van der Waals surface area contributed by atoms with Gasteiger partial charge in [0.2, 0.25) is 11.8 Å². The van der Waals surface area contributed by atoms with Gasteiger partial charge in [-0.15, -0.1) is 0 Å². The van der Waals surface area contributed by atoms with E-state index in [0.29, 0.717) is 44.8 Å². The Hall–Kier alpha value is -3.09. The average molecular weight is 399 g/mol. The van der Waals surface area contributed by atoms with Gasteiger partial charge in [0, 0.05) is 32.7 Å². The molecule has 1 saturated heterocycles. The molecule has 0 unspecified atom stereocenters. The molecule has 7 heteroatoms. The summed E-state index contributed by atoms with van der Waals surface area (Å²) in [5.74, 6) is 0.0576. The van der Waals surface area contributed by atoms with Gasteiger partial charge in [-0.05, 0) is 36.2 Å². The zero-order chi connectivity index (χ0) is 20.6. The highest BCUT2D eigenvalue weighted by molar-refractivity contribution is 5.97. The fraction of sp³-hybridized carbons (Fsp3) is 0.364. The van der Waals surface area contributed by atoms with Crippen molar-refractivity contribution in [3.05, 3.63) is 59.9 Å². The van der Waals surface area contributed by atoms with E-state index in [4.69, 9.17) is 4.74 Å². The normalized spacial score (nSPS) is 13.9. The fourth-order valence-electron chi connectivity index (χ4n) is 3.36. The Balaban J connectivity index is 1.38. The number of carbonyl (C=O) groups excluding carboxylic acids is 2. The summed E-state index contributed by atoms with van der Waals surface area (Å²) in [5, 5.41) is 2.79. The van der Waals surface area contributed by atoms with Crippen molar-refractivity contribution in [1.82, 2.24) is 10.2 Å². The molecule has 1 fully saturated rings. The van der Waals surface area contributed by atoms with Crippen molar-refractivity contribution >= 4 is 17.5 Å². The number of piperazine rings is 1. The van der Waals surface area contributed by atoms with Crippen molar-refractivity contribution in [2.24, 2.45) is 0 Å². The number of benzene rings is 2. The highest BCUT2D eigenvalue weighted by Gasteiger charge is 2.23. The van der Waals surface area contributed by atoms with E-state index in [2.05, 4.69) is 5.32 Å². The van der Waals surface area contributed by atoms with Gasteiger partial charge in [0.25, 0.3) is 0 Å². The molecule has 1 aliphatic heterocycles. The van der Waals surface area contributed by atoms with E-state index in [1.54, 1.807) is 30.2 Å². The number of anilines is 1. The van der Waals surface area contributed by atoms with E-state index in [-0.39, 0.29) is 24.1 Å². The van der Waals surface area contributed by atoms with Gasteiger partial charge in [0.1, 0.15) is 18.0 Å². The summed E-state index contributed by atoms with van der Waals surface area (Å²) in [5.41, 5.74) is 1.64. The molecule has 1 N–H and O–H groups in total. The third-order valence-corrected chi connectivity index (χ3v) is 5.03. The number of hydrogen-bond donors (Lipinski definition) is 1. The van der Waals surface area contributed by atoms with E-state index in [1.807, 2.05) is 29.2 Å². The number of para-hydroxylation sites is 1. The van der Waals surface area contributed by atoms with Crippen molar-refractivity contribution in [2.45, 2.75) is 12.8 Å². The third-order valence-electron chi connectivity index (χ3n) is 5.03. The molecule has 2 amide bonds. The molecule has 2 aromatic carbocycles.